The van der Waals surface area contributed by atoms with Crippen molar-refractivity contribution in [3.05, 3.63) is 22.5 Å². The molecule has 2 fully saturated rings. The van der Waals surface area contributed by atoms with Gasteiger partial charge in [-0.2, -0.15) is 0 Å². The van der Waals surface area contributed by atoms with E-state index in [1.807, 2.05) is 23.5 Å². The van der Waals surface area contributed by atoms with E-state index in [4.69, 9.17) is 0 Å². The van der Waals surface area contributed by atoms with E-state index in [1.165, 1.54) is 29.9 Å². The Morgan fingerprint density at radius 1 is 1.50 bits per heavy atom. The molecule has 14 heavy (non-hydrogen) atoms. The van der Waals surface area contributed by atoms with Crippen molar-refractivity contribution in [2.75, 3.05) is 11.5 Å². The molecule has 0 amide bonds. The fourth-order valence-electron chi connectivity index (χ4n) is 1.84. The van der Waals surface area contributed by atoms with Gasteiger partial charge in [0.05, 0.1) is 0 Å². The van der Waals surface area contributed by atoms with Crippen molar-refractivity contribution < 1.29 is 0 Å². The van der Waals surface area contributed by atoms with E-state index in [2.05, 4.69) is 26.5 Å². The molecule has 2 heteroatoms. The number of rotatable bonds is 2. The van der Waals surface area contributed by atoms with Gasteiger partial charge in [0.25, 0.3) is 0 Å². The van der Waals surface area contributed by atoms with Crippen LogP contribution in [0.3, 0.4) is 0 Å². The summed E-state index contributed by atoms with van der Waals surface area (Å²) in [4.78, 5) is 0. The summed E-state index contributed by atoms with van der Waals surface area (Å²) in [6.07, 6.45) is 5.17. The SMILES string of the molecule is C=C(C)C1(C)CC1C=C1SCCCS1. The van der Waals surface area contributed by atoms with Crippen molar-refractivity contribution in [2.45, 2.75) is 26.7 Å². The Balaban J connectivity index is 1.96. The zero-order valence-corrected chi connectivity index (χ0v) is 10.6. The first kappa shape index (κ1) is 10.7. The number of allylic oxidation sites excluding steroid dienone is 2. The Morgan fingerprint density at radius 2 is 2.14 bits per heavy atom. The molecule has 0 aromatic heterocycles. The van der Waals surface area contributed by atoms with E-state index < -0.39 is 0 Å². The van der Waals surface area contributed by atoms with Crippen LogP contribution in [0.2, 0.25) is 0 Å². The molecule has 2 rings (SSSR count). The monoisotopic (exact) mass is 226 g/mol. The summed E-state index contributed by atoms with van der Waals surface area (Å²) >= 11 is 4.08. The Hall–Kier alpha value is 0.180. The lowest BCUT2D eigenvalue weighted by Gasteiger charge is -2.13. The van der Waals surface area contributed by atoms with Gasteiger partial charge in [-0.1, -0.05) is 25.2 Å². The third kappa shape index (κ3) is 2.06. The van der Waals surface area contributed by atoms with Crippen molar-refractivity contribution in [1.29, 1.82) is 0 Å². The molecule has 0 radical (unpaired) electrons. The molecule has 0 N–H and O–H groups in total. The van der Waals surface area contributed by atoms with E-state index >= 15 is 0 Å². The molecule has 1 saturated carbocycles. The van der Waals surface area contributed by atoms with Gasteiger partial charge in [-0.3, -0.25) is 0 Å². The predicted molar refractivity (Wildman–Crippen MR) is 68.6 cm³/mol. The van der Waals surface area contributed by atoms with Crippen LogP contribution in [0.5, 0.6) is 0 Å². The third-order valence-electron chi connectivity index (χ3n) is 3.39. The smallest absolute Gasteiger partial charge is 0.0363 e. The predicted octanol–water partition coefficient (Wildman–Crippen LogP) is 4.30. The summed E-state index contributed by atoms with van der Waals surface area (Å²) in [5.74, 6) is 3.40. The molecule has 2 atom stereocenters. The van der Waals surface area contributed by atoms with E-state index in [-0.39, 0.29) is 0 Å². The van der Waals surface area contributed by atoms with Gasteiger partial charge in [0, 0.05) is 4.24 Å². The van der Waals surface area contributed by atoms with Crippen LogP contribution >= 0.6 is 23.5 Å². The molecule has 0 aromatic rings. The molecule has 0 spiro atoms. The molecule has 0 nitrogen and oxygen atoms in total. The zero-order valence-electron chi connectivity index (χ0n) is 9.01. The van der Waals surface area contributed by atoms with E-state index in [0.29, 0.717) is 5.41 Å². The summed E-state index contributed by atoms with van der Waals surface area (Å²) in [6, 6.07) is 0. The maximum absolute atomic E-state index is 4.09. The van der Waals surface area contributed by atoms with Gasteiger partial charge < -0.3 is 0 Å². The zero-order chi connectivity index (χ0) is 10.2. The van der Waals surface area contributed by atoms with Gasteiger partial charge in [0.15, 0.2) is 0 Å². The van der Waals surface area contributed by atoms with Crippen LogP contribution in [0.1, 0.15) is 26.7 Å². The molecule has 1 heterocycles. The minimum atomic E-state index is 0.422. The first-order chi connectivity index (χ1) is 6.63. The van der Waals surface area contributed by atoms with Gasteiger partial charge >= 0.3 is 0 Å². The molecular formula is C12H18S2. The van der Waals surface area contributed by atoms with E-state index in [0.717, 1.165) is 5.92 Å². The van der Waals surface area contributed by atoms with Gasteiger partial charge in [-0.15, -0.1) is 23.5 Å². The maximum atomic E-state index is 4.09. The molecule has 1 saturated heterocycles. The van der Waals surface area contributed by atoms with Crippen LogP contribution in [0.15, 0.2) is 22.5 Å². The Bertz CT molecular complexity index is 272. The minimum Gasteiger partial charge on any atom is -0.120 e. The highest BCUT2D eigenvalue weighted by Gasteiger charge is 2.49. The van der Waals surface area contributed by atoms with Crippen molar-refractivity contribution in [3.8, 4) is 0 Å². The molecular weight excluding hydrogens is 208 g/mol. The molecule has 1 aliphatic heterocycles. The summed E-state index contributed by atoms with van der Waals surface area (Å²) in [5.41, 5.74) is 1.77. The van der Waals surface area contributed by atoms with E-state index in [9.17, 15) is 0 Å². The minimum absolute atomic E-state index is 0.422. The Morgan fingerprint density at radius 3 is 2.64 bits per heavy atom. The fraction of sp³-hybridized carbons (Fsp3) is 0.667. The maximum Gasteiger partial charge on any atom is 0.0363 e. The number of hydrogen-bond acceptors (Lipinski definition) is 2. The Kier molecular flexibility index (Phi) is 3.03. The second-order valence-electron chi connectivity index (χ2n) is 4.54. The highest BCUT2D eigenvalue weighted by atomic mass is 32.2. The molecule has 2 aliphatic rings. The van der Waals surface area contributed by atoms with Gasteiger partial charge in [0.1, 0.15) is 0 Å². The lowest BCUT2D eigenvalue weighted by molar-refractivity contribution is 0.648. The Labute approximate surface area is 95.6 Å². The first-order valence-corrected chi connectivity index (χ1v) is 7.23. The lowest BCUT2D eigenvalue weighted by Crippen LogP contribution is -1.98. The van der Waals surface area contributed by atoms with Crippen molar-refractivity contribution in [1.82, 2.24) is 0 Å². The normalized spacial score (nSPS) is 36.7. The number of thioether (sulfide) groups is 2. The average molecular weight is 226 g/mol. The van der Waals surface area contributed by atoms with Crippen molar-refractivity contribution in [3.63, 3.8) is 0 Å². The van der Waals surface area contributed by atoms with Gasteiger partial charge in [-0.05, 0) is 42.6 Å². The second kappa shape index (κ2) is 3.97. The lowest BCUT2D eigenvalue weighted by atomic mass is 9.98. The largest absolute Gasteiger partial charge is 0.120 e. The van der Waals surface area contributed by atoms with Crippen molar-refractivity contribution in [2.24, 2.45) is 11.3 Å². The average Bonchev–Trinajstić information content (AvgIpc) is 2.80. The quantitative estimate of drug-likeness (QED) is 0.644. The second-order valence-corrected chi connectivity index (χ2v) is 7.08. The summed E-state index contributed by atoms with van der Waals surface area (Å²) < 4.78 is 1.56. The highest BCUT2D eigenvalue weighted by molar-refractivity contribution is 8.22. The standard InChI is InChI=1S/C12H18S2/c1-9(2)12(3)8-10(12)7-11-13-5-4-6-14-11/h7,10H,1,4-6,8H2,2-3H3. The highest BCUT2D eigenvalue weighted by Crippen LogP contribution is 2.59. The van der Waals surface area contributed by atoms with Crippen molar-refractivity contribution >= 4 is 23.5 Å². The van der Waals surface area contributed by atoms with Crippen LogP contribution in [-0.2, 0) is 0 Å². The van der Waals surface area contributed by atoms with Crippen LogP contribution in [0.25, 0.3) is 0 Å². The molecule has 2 unspecified atom stereocenters. The molecule has 78 valence electrons. The molecule has 0 bridgehead atoms. The van der Waals surface area contributed by atoms with Crippen LogP contribution in [0.4, 0.5) is 0 Å². The third-order valence-corrected chi connectivity index (χ3v) is 5.93. The van der Waals surface area contributed by atoms with Gasteiger partial charge in [0.2, 0.25) is 0 Å². The number of hydrogen-bond donors (Lipinski definition) is 0. The van der Waals surface area contributed by atoms with Crippen LogP contribution in [0, 0.1) is 11.3 Å². The van der Waals surface area contributed by atoms with Crippen LogP contribution in [-0.4, -0.2) is 11.5 Å². The first-order valence-electron chi connectivity index (χ1n) is 5.26. The molecule has 1 aliphatic carbocycles. The topological polar surface area (TPSA) is 0 Å². The fourth-order valence-corrected chi connectivity index (χ4v) is 4.35. The summed E-state index contributed by atoms with van der Waals surface area (Å²) in [5, 5.41) is 0. The van der Waals surface area contributed by atoms with E-state index in [1.54, 1.807) is 4.24 Å². The van der Waals surface area contributed by atoms with Crippen LogP contribution < -0.4 is 0 Å². The van der Waals surface area contributed by atoms with Gasteiger partial charge in [-0.25, -0.2) is 0 Å². The summed E-state index contributed by atoms with van der Waals surface area (Å²) in [7, 11) is 0. The summed E-state index contributed by atoms with van der Waals surface area (Å²) in [6.45, 7) is 8.60. The molecule has 0 aromatic carbocycles.